The van der Waals surface area contributed by atoms with Crippen LogP contribution in [0.3, 0.4) is 0 Å². The minimum absolute atomic E-state index is 0.338. The number of ether oxygens (including phenoxy) is 1. The van der Waals surface area contributed by atoms with Crippen molar-refractivity contribution < 1.29 is 9.15 Å². The van der Waals surface area contributed by atoms with Crippen LogP contribution in [0, 0.1) is 0 Å². The van der Waals surface area contributed by atoms with Gasteiger partial charge in [0.05, 0.1) is 11.3 Å². The molecular weight excluding hydrogens is 273 g/mol. The molecule has 3 nitrogen and oxygen atoms in total. The van der Waals surface area contributed by atoms with Crippen molar-refractivity contribution in [3.05, 3.63) is 51.9 Å². The Kier molecular flexibility index (Phi) is 4.53. The van der Waals surface area contributed by atoms with Crippen LogP contribution in [0.2, 0.25) is 10.0 Å². The Hall–Kier alpha value is -1.16. The number of hydrogen-bond donors (Lipinski definition) is 1. The molecule has 0 aliphatic carbocycles. The minimum Gasteiger partial charge on any atom is -0.484 e. The molecule has 0 amide bonds. The van der Waals surface area contributed by atoms with Crippen LogP contribution in [-0.2, 0) is 13.2 Å². The molecule has 0 bridgehead atoms. The van der Waals surface area contributed by atoms with Gasteiger partial charge in [-0.25, -0.2) is 0 Å². The molecule has 1 aromatic carbocycles. The fourth-order valence-electron chi connectivity index (χ4n) is 1.54. The Balaban J connectivity index is 1.97. The van der Waals surface area contributed by atoms with E-state index in [-0.39, 0.29) is 0 Å². The summed E-state index contributed by atoms with van der Waals surface area (Å²) in [6.07, 6.45) is 1.71. The smallest absolute Gasteiger partial charge is 0.146 e. The highest BCUT2D eigenvalue weighted by Gasteiger charge is 2.05. The zero-order valence-corrected chi connectivity index (χ0v) is 11.4. The van der Waals surface area contributed by atoms with Crippen LogP contribution in [0.5, 0.6) is 5.75 Å². The summed E-state index contributed by atoms with van der Waals surface area (Å²) >= 11 is 11.8. The van der Waals surface area contributed by atoms with E-state index in [0.29, 0.717) is 22.4 Å². The lowest BCUT2D eigenvalue weighted by Gasteiger charge is -2.06. The lowest BCUT2D eigenvalue weighted by atomic mass is 10.3. The Morgan fingerprint density at radius 3 is 2.83 bits per heavy atom. The molecule has 2 aromatic rings. The van der Waals surface area contributed by atoms with Gasteiger partial charge >= 0.3 is 0 Å². The molecule has 0 fully saturated rings. The van der Waals surface area contributed by atoms with Crippen LogP contribution in [0.1, 0.15) is 11.3 Å². The van der Waals surface area contributed by atoms with Crippen molar-refractivity contribution in [2.75, 3.05) is 7.05 Å². The van der Waals surface area contributed by atoms with E-state index in [9.17, 15) is 0 Å². The van der Waals surface area contributed by atoms with Crippen molar-refractivity contribution in [2.24, 2.45) is 0 Å². The summed E-state index contributed by atoms with van der Waals surface area (Å²) in [4.78, 5) is 0. The van der Waals surface area contributed by atoms with Crippen molar-refractivity contribution in [1.29, 1.82) is 0 Å². The maximum Gasteiger partial charge on any atom is 0.146 e. The van der Waals surface area contributed by atoms with E-state index in [4.69, 9.17) is 32.4 Å². The van der Waals surface area contributed by atoms with Crippen molar-refractivity contribution >= 4 is 23.2 Å². The van der Waals surface area contributed by atoms with Crippen LogP contribution >= 0.6 is 23.2 Å². The largest absolute Gasteiger partial charge is 0.484 e. The number of nitrogens with one attached hydrogen (secondary N) is 1. The van der Waals surface area contributed by atoms with Crippen molar-refractivity contribution in [3.63, 3.8) is 0 Å². The van der Waals surface area contributed by atoms with Gasteiger partial charge in [-0.2, -0.15) is 0 Å². The van der Waals surface area contributed by atoms with E-state index in [1.165, 1.54) is 0 Å². The monoisotopic (exact) mass is 285 g/mol. The topological polar surface area (TPSA) is 34.4 Å². The van der Waals surface area contributed by atoms with Crippen LogP contribution in [0.4, 0.5) is 0 Å². The van der Waals surface area contributed by atoms with Crippen molar-refractivity contribution in [2.45, 2.75) is 13.2 Å². The van der Waals surface area contributed by atoms with E-state index in [0.717, 1.165) is 17.9 Å². The van der Waals surface area contributed by atoms with E-state index in [1.807, 2.05) is 13.1 Å². The Morgan fingerprint density at radius 1 is 1.28 bits per heavy atom. The number of rotatable bonds is 5. The number of furan rings is 1. The summed E-state index contributed by atoms with van der Waals surface area (Å²) in [6.45, 7) is 1.11. The maximum atomic E-state index is 6.00. The lowest BCUT2D eigenvalue weighted by molar-refractivity contribution is 0.270. The maximum absolute atomic E-state index is 6.00. The average molecular weight is 286 g/mol. The van der Waals surface area contributed by atoms with Gasteiger partial charge in [-0.05, 0) is 31.3 Å². The summed E-state index contributed by atoms with van der Waals surface area (Å²) in [6, 6.07) is 7.06. The Labute approximate surface area is 116 Å². The first-order valence-corrected chi connectivity index (χ1v) is 6.23. The Morgan fingerprint density at radius 2 is 2.11 bits per heavy atom. The van der Waals surface area contributed by atoms with Gasteiger partial charge in [-0.3, -0.25) is 0 Å². The summed E-state index contributed by atoms with van der Waals surface area (Å²) in [5, 5.41) is 4.13. The normalized spacial score (nSPS) is 10.6. The highest BCUT2D eigenvalue weighted by atomic mass is 35.5. The highest BCUT2D eigenvalue weighted by molar-refractivity contribution is 6.35. The summed E-state index contributed by atoms with van der Waals surface area (Å²) < 4.78 is 10.9. The van der Waals surface area contributed by atoms with Crippen LogP contribution in [0.25, 0.3) is 0 Å². The van der Waals surface area contributed by atoms with Gasteiger partial charge in [0.15, 0.2) is 0 Å². The van der Waals surface area contributed by atoms with Gasteiger partial charge in [0, 0.05) is 17.1 Å². The zero-order chi connectivity index (χ0) is 13.0. The van der Waals surface area contributed by atoms with Gasteiger partial charge < -0.3 is 14.5 Å². The number of halogens is 2. The van der Waals surface area contributed by atoms with Crippen molar-refractivity contribution in [3.8, 4) is 5.75 Å². The third-order valence-corrected chi connectivity index (χ3v) is 2.88. The predicted molar refractivity (Wildman–Crippen MR) is 72.3 cm³/mol. The summed E-state index contributed by atoms with van der Waals surface area (Å²) in [5.41, 5.74) is 1.08. The molecule has 0 unspecified atom stereocenters. The summed E-state index contributed by atoms with van der Waals surface area (Å²) in [7, 11) is 1.89. The molecule has 0 atom stereocenters. The molecule has 0 radical (unpaired) electrons. The standard InChI is InChI=1S/C13H13Cl2NO2/c1-16-6-9-4-11(17-7-9)8-18-13-3-2-10(14)5-12(13)15/h2-5,7,16H,6,8H2,1H3. The lowest BCUT2D eigenvalue weighted by Crippen LogP contribution is -2.03. The van der Waals surface area contributed by atoms with E-state index in [1.54, 1.807) is 24.5 Å². The molecule has 0 aliphatic heterocycles. The number of hydrogen-bond acceptors (Lipinski definition) is 3. The second kappa shape index (κ2) is 6.14. The molecule has 96 valence electrons. The van der Waals surface area contributed by atoms with Crippen molar-refractivity contribution in [1.82, 2.24) is 5.32 Å². The zero-order valence-electron chi connectivity index (χ0n) is 9.87. The predicted octanol–water partition coefficient (Wildman–Crippen LogP) is 3.88. The fraction of sp³-hybridized carbons (Fsp3) is 0.231. The molecule has 0 spiro atoms. The first-order chi connectivity index (χ1) is 8.69. The molecule has 2 rings (SSSR count). The van der Waals surface area contributed by atoms with Gasteiger partial charge in [0.1, 0.15) is 18.1 Å². The Bertz CT molecular complexity index is 525. The second-order valence-corrected chi connectivity index (χ2v) is 4.66. The molecule has 18 heavy (non-hydrogen) atoms. The third kappa shape index (κ3) is 3.42. The van der Waals surface area contributed by atoms with Gasteiger partial charge in [-0.15, -0.1) is 0 Å². The van der Waals surface area contributed by atoms with Crippen LogP contribution in [0.15, 0.2) is 34.9 Å². The van der Waals surface area contributed by atoms with Gasteiger partial charge in [0.2, 0.25) is 0 Å². The first kappa shape index (κ1) is 13.3. The van der Waals surface area contributed by atoms with E-state index < -0.39 is 0 Å². The van der Waals surface area contributed by atoms with Crippen LogP contribution < -0.4 is 10.1 Å². The van der Waals surface area contributed by atoms with Gasteiger partial charge in [-0.1, -0.05) is 23.2 Å². The third-order valence-electron chi connectivity index (χ3n) is 2.35. The van der Waals surface area contributed by atoms with Crippen LogP contribution in [-0.4, -0.2) is 7.05 Å². The average Bonchev–Trinajstić information content (AvgIpc) is 2.76. The highest BCUT2D eigenvalue weighted by Crippen LogP contribution is 2.28. The SMILES string of the molecule is CNCc1coc(COc2ccc(Cl)cc2Cl)c1. The first-order valence-electron chi connectivity index (χ1n) is 5.48. The molecular formula is C13H13Cl2NO2. The molecule has 1 heterocycles. The second-order valence-electron chi connectivity index (χ2n) is 3.82. The molecule has 0 saturated carbocycles. The van der Waals surface area contributed by atoms with E-state index >= 15 is 0 Å². The molecule has 1 aromatic heterocycles. The fourth-order valence-corrected chi connectivity index (χ4v) is 2.00. The molecule has 1 N–H and O–H groups in total. The van der Waals surface area contributed by atoms with Gasteiger partial charge in [0.25, 0.3) is 0 Å². The molecule has 0 saturated heterocycles. The molecule has 0 aliphatic rings. The molecule has 5 heteroatoms. The summed E-state index contributed by atoms with van der Waals surface area (Å²) in [5.74, 6) is 1.35. The van der Waals surface area contributed by atoms with E-state index in [2.05, 4.69) is 5.32 Å². The number of benzene rings is 1. The minimum atomic E-state index is 0.338. The quantitative estimate of drug-likeness (QED) is 0.905.